The second kappa shape index (κ2) is 4.51. The van der Waals surface area contributed by atoms with Gasteiger partial charge in [0.25, 0.3) is 0 Å². The van der Waals surface area contributed by atoms with E-state index in [9.17, 15) is 17.6 Å². The molecule has 0 saturated heterocycles. The summed E-state index contributed by atoms with van der Waals surface area (Å²) in [7, 11) is 0. The van der Waals surface area contributed by atoms with Crippen LogP contribution in [0.4, 0.5) is 17.6 Å². The van der Waals surface area contributed by atoms with Crippen molar-refractivity contribution in [3.05, 3.63) is 41.2 Å². The van der Waals surface area contributed by atoms with E-state index in [-0.39, 0.29) is 5.56 Å². The Labute approximate surface area is 97.0 Å². The first-order valence-corrected chi connectivity index (χ1v) is 5.54. The molecule has 0 fully saturated rings. The highest BCUT2D eigenvalue weighted by Crippen LogP contribution is 2.34. The molecule has 1 aliphatic carbocycles. The van der Waals surface area contributed by atoms with E-state index in [2.05, 4.69) is 0 Å². The van der Waals surface area contributed by atoms with Gasteiger partial charge in [-0.05, 0) is 49.5 Å². The lowest BCUT2D eigenvalue weighted by Gasteiger charge is -2.15. The van der Waals surface area contributed by atoms with Crippen LogP contribution in [0, 0.1) is 5.82 Å². The number of allylic oxidation sites excluding steroid dienone is 2. The Kier molecular flexibility index (Phi) is 3.22. The van der Waals surface area contributed by atoms with Crippen LogP contribution in [-0.4, -0.2) is 0 Å². The van der Waals surface area contributed by atoms with Crippen molar-refractivity contribution >= 4 is 5.57 Å². The number of halogens is 4. The quantitative estimate of drug-likeness (QED) is 0.622. The normalized spacial score (nSPS) is 16.8. The predicted octanol–water partition coefficient (Wildman–Crippen LogP) is 4.80. The highest BCUT2D eigenvalue weighted by molar-refractivity contribution is 5.67. The van der Waals surface area contributed by atoms with E-state index in [1.165, 1.54) is 0 Å². The van der Waals surface area contributed by atoms with Gasteiger partial charge in [-0.1, -0.05) is 6.08 Å². The summed E-state index contributed by atoms with van der Waals surface area (Å²) in [5.41, 5.74) is -0.000233. The Morgan fingerprint density at radius 2 is 1.82 bits per heavy atom. The zero-order valence-electron chi connectivity index (χ0n) is 9.15. The van der Waals surface area contributed by atoms with E-state index in [0.29, 0.717) is 12.0 Å². The van der Waals surface area contributed by atoms with Crippen molar-refractivity contribution in [3.63, 3.8) is 0 Å². The minimum atomic E-state index is -4.42. The summed E-state index contributed by atoms with van der Waals surface area (Å²) in [6.07, 6.45) is 0.800. The molecular formula is C13H12F4. The van der Waals surface area contributed by atoms with Crippen LogP contribution < -0.4 is 0 Å². The molecule has 0 spiro atoms. The monoisotopic (exact) mass is 244 g/mol. The van der Waals surface area contributed by atoms with Gasteiger partial charge in [0.15, 0.2) is 0 Å². The summed E-state index contributed by atoms with van der Waals surface area (Å²) in [5, 5.41) is 0. The van der Waals surface area contributed by atoms with E-state index in [1.807, 2.05) is 6.08 Å². The molecule has 0 aromatic heterocycles. The number of hydrogen-bond donors (Lipinski definition) is 0. The van der Waals surface area contributed by atoms with Crippen LogP contribution in [0.1, 0.15) is 36.8 Å². The topological polar surface area (TPSA) is 0 Å². The third-order valence-electron chi connectivity index (χ3n) is 2.93. The fourth-order valence-corrected chi connectivity index (χ4v) is 2.03. The van der Waals surface area contributed by atoms with E-state index in [1.54, 1.807) is 0 Å². The maximum absolute atomic E-state index is 13.5. The third kappa shape index (κ3) is 2.68. The first-order chi connectivity index (χ1) is 7.98. The van der Waals surface area contributed by atoms with Crippen molar-refractivity contribution < 1.29 is 17.6 Å². The van der Waals surface area contributed by atoms with Crippen LogP contribution >= 0.6 is 0 Å². The van der Waals surface area contributed by atoms with Gasteiger partial charge in [0, 0.05) is 5.56 Å². The van der Waals surface area contributed by atoms with Crippen molar-refractivity contribution in [3.8, 4) is 0 Å². The lowest BCUT2D eigenvalue weighted by atomic mass is 9.92. The molecule has 0 saturated carbocycles. The molecule has 0 unspecified atom stereocenters. The van der Waals surface area contributed by atoms with Gasteiger partial charge < -0.3 is 0 Å². The van der Waals surface area contributed by atoms with E-state index >= 15 is 0 Å². The van der Waals surface area contributed by atoms with Crippen LogP contribution in [0.25, 0.3) is 5.57 Å². The minimum absolute atomic E-state index is 0.0968. The first-order valence-electron chi connectivity index (χ1n) is 5.54. The highest BCUT2D eigenvalue weighted by atomic mass is 19.4. The molecule has 0 nitrogen and oxygen atoms in total. The molecule has 1 aromatic rings. The number of benzene rings is 1. The Balaban J connectivity index is 2.42. The molecule has 4 heteroatoms. The Hall–Kier alpha value is -1.32. The molecule has 2 rings (SSSR count). The number of hydrogen-bond acceptors (Lipinski definition) is 0. The van der Waals surface area contributed by atoms with Crippen molar-refractivity contribution in [1.29, 1.82) is 0 Å². The number of alkyl halides is 3. The molecule has 0 atom stereocenters. The smallest absolute Gasteiger partial charge is 0.206 e. The molecule has 17 heavy (non-hydrogen) atoms. The summed E-state index contributed by atoms with van der Waals surface area (Å²) in [6, 6.07) is 2.59. The van der Waals surface area contributed by atoms with Gasteiger partial charge in [-0.2, -0.15) is 13.2 Å². The Morgan fingerprint density at radius 1 is 1.06 bits per heavy atom. The summed E-state index contributed by atoms with van der Waals surface area (Å²) < 4.78 is 51.1. The van der Waals surface area contributed by atoms with Gasteiger partial charge >= 0.3 is 6.18 Å². The van der Waals surface area contributed by atoms with Crippen LogP contribution in [-0.2, 0) is 6.18 Å². The zero-order valence-corrected chi connectivity index (χ0v) is 9.15. The summed E-state index contributed by atoms with van der Waals surface area (Å²) in [5.74, 6) is -0.578. The second-order valence-electron chi connectivity index (χ2n) is 4.17. The van der Waals surface area contributed by atoms with Crippen molar-refractivity contribution in [2.75, 3.05) is 0 Å². The average molecular weight is 244 g/mol. The molecule has 0 heterocycles. The Morgan fingerprint density at radius 3 is 2.41 bits per heavy atom. The highest BCUT2D eigenvalue weighted by Gasteiger charge is 2.31. The van der Waals surface area contributed by atoms with Crippen LogP contribution in [0.5, 0.6) is 0 Å². The molecule has 92 valence electrons. The van der Waals surface area contributed by atoms with Gasteiger partial charge in [0.05, 0.1) is 5.56 Å². The van der Waals surface area contributed by atoms with Crippen molar-refractivity contribution in [2.24, 2.45) is 0 Å². The minimum Gasteiger partial charge on any atom is -0.206 e. The standard InChI is InChI=1S/C13H12F4/c14-12-7-6-10(13(15,16)17)8-11(12)9-4-2-1-3-5-9/h4,6-8H,1-3,5H2. The first kappa shape index (κ1) is 12.1. The van der Waals surface area contributed by atoms with Gasteiger partial charge in [-0.15, -0.1) is 0 Å². The lowest BCUT2D eigenvalue weighted by Crippen LogP contribution is -2.06. The van der Waals surface area contributed by atoms with Crippen LogP contribution in [0.2, 0.25) is 0 Å². The summed E-state index contributed by atoms with van der Waals surface area (Å²) >= 11 is 0. The maximum Gasteiger partial charge on any atom is 0.416 e. The van der Waals surface area contributed by atoms with Gasteiger partial charge in [-0.3, -0.25) is 0 Å². The fraction of sp³-hybridized carbons (Fsp3) is 0.385. The van der Waals surface area contributed by atoms with E-state index < -0.39 is 17.6 Å². The fourth-order valence-electron chi connectivity index (χ4n) is 2.03. The zero-order chi connectivity index (χ0) is 12.5. The lowest BCUT2D eigenvalue weighted by molar-refractivity contribution is -0.137. The molecule has 1 aromatic carbocycles. The molecule has 0 bridgehead atoms. The predicted molar refractivity (Wildman–Crippen MR) is 57.8 cm³/mol. The van der Waals surface area contributed by atoms with Gasteiger partial charge in [0.2, 0.25) is 0 Å². The van der Waals surface area contributed by atoms with Gasteiger partial charge in [-0.25, -0.2) is 4.39 Å². The van der Waals surface area contributed by atoms with Crippen molar-refractivity contribution in [1.82, 2.24) is 0 Å². The van der Waals surface area contributed by atoms with Crippen molar-refractivity contribution in [2.45, 2.75) is 31.9 Å². The molecule has 0 amide bonds. The molecule has 0 N–H and O–H groups in total. The molecule has 0 aliphatic heterocycles. The van der Waals surface area contributed by atoms with Crippen LogP contribution in [0.15, 0.2) is 24.3 Å². The Bertz CT molecular complexity index is 443. The number of rotatable bonds is 1. The molecule has 0 radical (unpaired) electrons. The second-order valence-corrected chi connectivity index (χ2v) is 4.17. The van der Waals surface area contributed by atoms with Crippen LogP contribution in [0.3, 0.4) is 0 Å². The molecular weight excluding hydrogens is 232 g/mol. The van der Waals surface area contributed by atoms with E-state index in [4.69, 9.17) is 0 Å². The van der Waals surface area contributed by atoms with Gasteiger partial charge in [0.1, 0.15) is 5.82 Å². The molecule has 1 aliphatic rings. The summed E-state index contributed by atoms with van der Waals surface area (Å²) in [6.45, 7) is 0. The van der Waals surface area contributed by atoms with E-state index in [0.717, 1.165) is 37.5 Å². The SMILES string of the molecule is Fc1ccc(C(F)(F)F)cc1C1=CCCCC1. The largest absolute Gasteiger partial charge is 0.416 e. The summed E-state index contributed by atoms with van der Waals surface area (Å²) in [4.78, 5) is 0. The maximum atomic E-state index is 13.5. The average Bonchev–Trinajstić information content (AvgIpc) is 2.29. The third-order valence-corrected chi connectivity index (χ3v) is 2.93.